The zero-order valence-corrected chi connectivity index (χ0v) is 14.8. The summed E-state index contributed by atoms with van der Waals surface area (Å²) in [5, 5.41) is 0. The topological polar surface area (TPSA) is 76.8 Å². The largest absolute Gasteiger partial charge is 0.481 e. The molecule has 136 valence electrons. The summed E-state index contributed by atoms with van der Waals surface area (Å²) >= 11 is 0. The SMILES string of the molecule is COc1cc(-c2ccc3nc(C(N)Cc4cccc(F)c4)[nH]c3c2)ccn1. The van der Waals surface area contributed by atoms with Gasteiger partial charge in [0.05, 0.1) is 24.2 Å². The predicted octanol–water partition coefficient (Wildman–Crippen LogP) is 4.02. The van der Waals surface area contributed by atoms with E-state index in [1.54, 1.807) is 19.4 Å². The monoisotopic (exact) mass is 362 g/mol. The quantitative estimate of drug-likeness (QED) is 0.562. The normalized spacial score (nSPS) is 12.3. The van der Waals surface area contributed by atoms with Crippen molar-refractivity contribution in [1.82, 2.24) is 15.0 Å². The van der Waals surface area contributed by atoms with Crippen LogP contribution >= 0.6 is 0 Å². The van der Waals surface area contributed by atoms with Crippen LogP contribution in [0.15, 0.2) is 60.8 Å². The van der Waals surface area contributed by atoms with E-state index in [1.807, 2.05) is 36.4 Å². The Bertz CT molecular complexity index is 1090. The summed E-state index contributed by atoms with van der Waals surface area (Å²) < 4.78 is 18.6. The molecule has 2 aromatic heterocycles. The summed E-state index contributed by atoms with van der Waals surface area (Å²) in [6.07, 6.45) is 2.22. The lowest BCUT2D eigenvalue weighted by atomic mass is 10.1. The highest BCUT2D eigenvalue weighted by atomic mass is 19.1. The third-order valence-electron chi connectivity index (χ3n) is 4.47. The Hall–Kier alpha value is -3.25. The molecule has 0 aliphatic rings. The lowest BCUT2D eigenvalue weighted by Gasteiger charge is -2.08. The van der Waals surface area contributed by atoms with Crippen molar-refractivity contribution in [2.75, 3.05) is 7.11 Å². The molecule has 0 saturated heterocycles. The minimum Gasteiger partial charge on any atom is -0.481 e. The number of nitrogens with one attached hydrogen (secondary N) is 1. The fourth-order valence-electron chi connectivity index (χ4n) is 3.10. The molecule has 5 nitrogen and oxygen atoms in total. The number of pyridine rings is 1. The molecule has 4 aromatic rings. The van der Waals surface area contributed by atoms with E-state index in [0.717, 1.165) is 27.7 Å². The van der Waals surface area contributed by atoms with Gasteiger partial charge in [0.2, 0.25) is 5.88 Å². The molecule has 4 rings (SSSR count). The van der Waals surface area contributed by atoms with E-state index >= 15 is 0 Å². The van der Waals surface area contributed by atoms with Crippen molar-refractivity contribution in [1.29, 1.82) is 0 Å². The zero-order valence-electron chi connectivity index (χ0n) is 14.8. The van der Waals surface area contributed by atoms with Crippen molar-refractivity contribution in [2.45, 2.75) is 12.5 Å². The van der Waals surface area contributed by atoms with Crippen molar-refractivity contribution >= 4 is 11.0 Å². The zero-order chi connectivity index (χ0) is 18.8. The van der Waals surface area contributed by atoms with Gasteiger partial charge in [-0.15, -0.1) is 0 Å². The molecule has 0 spiro atoms. The number of nitrogens with two attached hydrogens (primary N) is 1. The maximum atomic E-state index is 13.4. The number of halogens is 1. The Morgan fingerprint density at radius 2 is 1.96 bits per heavy atom. The third kappa shape index (κ3) is 3.66. The van der Waals surface area contributed by atoms with E-state index in [-0.39, 0.29) is 11.9 Å². The molecule has 0 bridgehead atoms. The van der Waals surface area contributed by atoms with Crippen LogP contribution in [0.25, 0.3) is 22.2 Å². The second kappa shape index (κ2) is 7.17. The van der Waals surface area contributed by atoms with E-state index in [2.05, 4.69) is 15.0 Å². The first-order chi connectivity index (χ1) is 13.1. The van der Waals surface area contributed by atoms with Gasteiger partial charge in [-0.25, -0.2) is 14.4 Å². The first-order valence-electron chi connectivity index (χ1n) is 8.62. The van der Waals surface area contributed by atoms with Crippen LogP contribution in [0.4, 0.5) is 4.39 Å². The van der Waals surface area contributed by atoms with Crippen LogP contribution in [0.1, 0.15) is 17.4 Å². The molecule has 0 radical (unpaired) electrons. The summed E-state index contributed by atoms with van der Waals surface area (Å²) in [5.41, 5.74) is 10.9. The van der Waals surface area contributed by atoms with Crippen LogP contribution in [0, 0.1) is 5.82 Å². The molecular weight excluding hydrogens is 343 g/mol. The molecule has 1 atom stereocenters. The average Bonchev–Trinajstić information content (AvgIpc) is 3.11. The number of nitrogens with zero attached hydrogens (tertiary/aromatic N) is 2. The van der Waals surface area contributed by atoms with E-state index in [1.165, 1.54) is 12.1 Å². The molecule has 3 N–H and O–H groups in total. The van der Waals surface area contributed by atoms with Crippen LogP contribution in [0.2, 0.25) is 0 Å². The minimum absolute atomic E-state index is 0.262. The van der Waals surface area contributed by atoms with E-state index in [4.69, 9.17) is 10.5 Å². The Balaban J connectivity index is 1.62. The van der Waals surface area contributed by atoms with Crippen LogP contribution in [-0.4, -0.2) is 22.1 Å². The van der Waals surface area contributed by atoms with E-state index < -0.39 is 0 Å². The van der Waals surface area contributed by atoms with Crippen molar-refractivity contribution in [2.24, 2.45) is 5.73 Å². The molecule has 27 heavy (non-hydrogen) atoms. The lowest BCUT2D eigenvalue weighted by molar-refractivity contribution is 0.398. The molecule has 2 aromatic carbocycles. The molecule has 0 amide bonds. The molecule has 6 heteroatoms. The van der Waals surface area contributed by atoms with Crippen LogP contribution in [0.3, 0.4) is 0 Å². The number of aromatic amines is 1. The number of fused-ring (bicyclic) bond motifs is 1. The van der Waals surface area contributed by atoms with Gasteiger partial charge in [-0.1, -0.05) is 18.2 Å². The van der Waals surface area contributed by atoms with Crippen molar-refractivity contribution < 1.29 is 9.13 Å². The molecule has 0 aliphatic carbocycles. The molecule has 0 aliphatic heterocycles. The maximum absolute atomic E-state index is 13.4. The second-order valence-corrected chi connectivity index (χ2v) is 6.38. The van der Waals surface area contributed by atoms with E-state index in [9.17, 15) is 4.39 Å². The van der Waals surface area contributed by atoms with Crippen LogP contribution < -0.4 is 10.5 Å². The summed E-state index contributed by atoms with van der Waals surface area (Å²) in [5.74, 6) is 0.982. The van der Waals surface area contributed by atoms with Gasteiger partial charge in [-0.3, -0.25) is 0 Å². The Morgan fingerprint density at radius 1 is 1.11 bits per heavy atom. The highest BCUT2D eigenvalue weighted by Crippen LogP contribution is 2.26. The fourth-order valence-corrected chi connectivity index (χ4v) is 3.10. The smallest absolute Gasteiger partial charge is 0.213 e. The van der Waals surface area contributed by atoms with Crippen molar-refractivity contribution in [3.63, 3.8) is 0 Å². The molecule has 0 fully saturated rings. The van der Waals surface area contributed by atoms with Gasteiger partial charge in [0, 0.05) is 12.3 Å². The number of ether oxygens (including phenoxy) is 1. The lowest BCUT2D eigenvalue weighted by Crippen LogP contribution is -2.15. The summed E-state index contributed by atoms with van der Waals surface area (Å²) in [7, 11) is 1.59. The summed E-state index contributed by atoms with van der Waals surface area (Å²) in [6.45, 7) is 0. The van der Waals surface area contributed by atoms with Gasteiger partial charge in [-0.2, -0.15) is 0 Å². The van der Waals surface area contributed by atoms with Gasteiger partial charge in [0.15, 0.2) is 0 Å². The number of H-pyrrole nitrogens is 1. The Labute approximate surface area is 156 Å². The second-order valence-electron chi connectivity index (χ2n) is 6.38. The number of methoxy groups -OCH3 is 1. The standard InChI is InChI=1S/C21H19FN4O/c1-27-20-12-15(7-8-24-20)14-5-6-18-19(11-14)26-21(25-18)17(23)10-13-3-2-4-16(22)9-13/h2-9,11-12,17H,10,23H2,1H3,(H,25,26). The molecular formula is C21H19FN4O. The van der Waals surface area contributed by atoms with Crippen LogP contribution in [0.5, 0.6) is 5.88 Å². The third-order valence-corrected chi connectivity index (χ3v) is 4.47. The number of hydrogen-bond acceptors (Lipinski definition) is 4. The molecule has 2 heterocycles. The summed E-state index contributed by atoms with van der Waals surface area (Å²) in [4.78, 5) is 12.0. The van der Waals surface area contributed by atoms with Gasteiger partial charge >= 0.3 is 0 Å². The highest BCUT2D eigenvalue weighted by Gasteiger charge is 2.13. The number of rotatable bonds is 5. The van der Waals surface area contributed by atoms with Crippen LogP contribution in [-0.2, 0) is 6.42 Å². The van der Waals surface area contributed by atoms with Gasteiger partial charge in [0.25, 0.3) is 0 Å². The van der Waals surface area contributed by atoms with E-state index in [0.29, 0.717) is 18.1 Å². The Kier molecular flexibility index (Phi) is 4.56. The van der Waals surface area contributed by atoms with Crippen molar-refractivity contribution in [3.05, 3.63) is 78.0 Å². The number of imidazole rings is 1. The first kappa shape index (κ1) is 17.2. The first-order valence-corrected chi connectivity index (χ1v) is 8.62. The van der Waals surface area contributed by atoms with Gasteiger partial charge in [-0.05, 0) is 53.4 Å². The Morgan fingerprint density at radius 3 is 2.78 bits per heavy atom. The highest BCUT2D eigenvalue weighted by molar-refractivity contribution is 5.82. The summed E-state index contributed by atoms with van der Waals surface area (Å²) in [6, 6.07) is 15.9. The minimum atomic E-state index is -0.344. The van der Waals surface area contributed by atoms with Crippen molar-refractivity contribution in [3.8, 4) is 17.0 Å². The fraction of sp³-hybridized carbons (Fsp3) is 0.143. The number of benzene rings is 2. The maximum Gasteiger partial charge on any atom is 0.213 e. The average molecular weight is 362 g/mol. The molecule has 1 unspecified atom stereocenters. The van der Waals surface area contributed by atoms with Gasteiger partial charge in [0.1, 0.15) is 11.6 Å². The van der Waals surface area contributed by atoms with Gasteiger partial charge < -0.3 is 15.5 Å². The number of hydrogen-bond donors (Lipinski definition) is 2. The molecule has 0 saturated carbocycles. The predicted molar refractivity (Wildman–Crippen MR) is 103 cm³/mol. The number of aromatic nitrogens is 3.